The zero-order valence-electron chi connectivity index (χ0n) is 12.2. The monoisotopic (exact) mass is 301 g/mol. The molecule has 0 fully saturated rings. The number of sulfonamides is 1. The second-order valence-electron chi connectivity index (χ2n) is 4.98. The number of rotatable bonds is 8. The summed E-state index contributed by atoms with van der Waals surface area (Å²) in [5, 5.41) is 9.60. The van der Waals surface area contributed by atoms with Gasteiger partial charge in [-0.1, -0.05) is 37.3 Å². The van der Waals surface area contributed by atoms with Gasteiger partial charge in [-0.05, 0) is 11.5 Å². The van der Waals surface area contributed by atoms with Crippen molar-refractivity contribution in [2.45, 2.75) is 18.9 Å². The normalized spacial score (nSPS) is 15.2. The molecule has 0 aromatic heterocycles. The van der Waals surface area contributed by atoms with Gasteiger partial charge in [0.15, 0.2) is 0 Å². The maximum absolute atomic E-state index is 12.2. The first kappa shape index (κ1) is 17.1. The zero-order chi connectivity index (χ0) is 15.2. The first-order valence-corrected chi connectivity index (χ1v) is 8.13. The van der Waals surface area contributed by atoms with E-state index in [1.54, 1.807) is 0 Å². The van der Waals surface area contributed by atoms with Crippen LogP contribution in [0.1, 0.15) is 18.4 Å². The van der Waals surface area contributed by atoms with E-state index in [4.69, 9.17) is 4.74 Å². The summed E-state index contributed by atoms with van der Waals surface area (Å²) in [6.07, 6.45) is -0.813. The van der Waals surface area contributed by atoms with Crippen molar-refractivity contribution in [1.29, 1.82) is 0 Å². The van der Waals surface area contributed by atoms with Crippen molar-refractivity contribution in [2.24, 2.45) is 0 Å². The third kappa shape index (κ3) is 5.20. The minimum absolute atomic E-state index is 0.0210. The molecule has 0 heterocycles. The summed E-state index contributed by atoms with van der Waals surface area (Å²) < 4.78 is 30.4. The molecule has 0 aliphatic carbocycles. The Kier molecular flexibility index (Phi) is 6.61. The molecule has 1 rings (SSSR count). The Bertz CT molecular complexity index is 489. The number of aliphatic hydroxyl groups is 1. The van der Waals surface area contributed by atoms with Gasteiger partial charge in [-0.2, -0.15) is 0 Å². The average Bonchev–Trinajstić information content (AvgIpc) is 2.39. The highest BCUT2D eigenvalue weighted by atomic mass is 32.2. The summed E-state index contributed by atoms with van der Waals surface area (Å²) in [5.74, 6) is -0.0732. The Morgan fingerprint density at radius 1 is 1.30 bits per heavy atom. The zero-order valence-corrected chi connectivity index (χ0v) is 13.0. The fourth-order valence-corrected chi connectivity index (χ4v) is 3.45. The van der Waals surface area contributed by atoms with Crippen molar-refractivity contribution in [3.8, 4) is 0 Å². The van der Waals surface area contributed by atoms with Crippen LogP contribution in [0.5, 0.6) is 0 Å². The molecular weight excluding hydrogens is 278 g/mol. The van der Waals surface area contributed by atoms with Gasteiger partial charge in [0, 0.05) is 20.7 Å². The van der Waals surface area contributed by atoms with Crippen LogP contribution in [0.15, 0.2) is 30.3 Å². The Morgan fingerprint density at radius 2 is 1.90 bits per heavy atom. The molecule has 20 heavy (non-hydrogen) atoms. The molecule has 114 valence electrons. The first-order chi connectivity index (χ1) is 9.36. The summed E-state index contributed by atoms with van der Waals surface area (Å²) in [7, 11) is -0.458. The highest BCUT2D eigenvalue weighted by molar-refractivity contribution is 7.89. The molecule has 2 atom stereocenters. The Balaban J connectivity index is 2.65. The van der Waals surface area contributed by atoms with E-state index in [-0.39, 0.29) is 24.8 Å². The number of hydrogen-bond donors (Lipinski definition) is 1. The molecule has 0 bridgehead atoms. The lowest BCUT2D eigenvalue weighted by Gasteiger charge is -2.22. The molecule has 0 spiro atoms. The third-order valence-electron chi connectivity index (χ3n) is 3.13. The smallest absolute Gasteiger partial charge is 0.214 e. The van der Waals surface area contributed by atoms with Gasteiger partial charge >= 0.3 is 0 Å². The van der Waals surface area contributed by atoms with Gasteiger partial charge in [0.2, 0.25) is 10.0 Å². The van der Waals surface area contributed by atoms with Gasteiger partial charge in [-0.25, -0.2) is 12.7 Å². The van der Waals surface area contributed by atoms with Crippen LogP contribution in [0.25, 0.3) is 0 Å². The van der Waals surface area contributed by atoms with E-state index in [0.29, 0.717) is 0 Å². The van der Waals surface area contributed by atoms with Crippen LogP contribution in [-0.4, -0.2) is 57.0 Å². The van der Waals surface area contributed by atoms with Crippen LogP contribution < -0.4 is 0 Å². The van der Waals surface area contributed by atoms with Gasteiger partial charge in [0.25, 0.3) is 0 Å². The molecule has 1 aromatic rings. The fraction of sp³-hybridized carbons (Fsp3) is 0.571. The first-order valence-electron chi connectivity index (χ1n) is 6.52. The van der Waals surface area contributed by atoms with E-state index in [1.165, 1.54) is 18.5 Å². The molecule has 2 unspecified atom stereocenters. The predicted molar refractivity (Wildman–Crippen MR) is 79.2 cm³/mol. The van der Waals surface area contributed by atoms with Crippen molar-refractivity contribution in [1.82, 2.24) is 4.31 Å². The number of nitrogens with zero attached hydrogens (tertiary/aromatic N) is 1. The van der Waals surface area contributed by atoms with Gasteiger partial charge in [0.05, 0.1) is 18.5 Å². The average molecular weight is 301 g/mol. The Morgan fingerprint density at radius 3 is 2.45 bits per heavy atom. The van der Waals surface area contributed by atoms with Crippen LogP contribution in [0.3, 0.4) is 0 Å². The third-order valence-corrected chi connectivity index (χ3v) is 5.15. The van der Waals surface area contributed by atoms with Gasteiger partial charge < -0.3 is 9.84 Å². The lowest BCUT2D eigenvalue weighted by Crippen LogP contribution is -2.38. The molecule has 6 heteroatoms. The van der Waals surface area contributed by atoms with E-state index in [1.807, 2.05) is 37.3 Å². The molecule has 0 aliphatic rings. The SMILES string of the molecule is COCC(O)CN(C)S(=O)(=O)CC(C)c1ccccc1. The number of benzene rings is 1. The highest BCUT2D eigenvalue weighted by Gasteiger charge is 2.23. The Hall–Kier alpha value is -0.950. The van der Waals surface area contributed by atoms with Gasteiger partial charge in [-0.15, -0.1) is 0 Å². The fourth-order valence-electron chi connectivity index (χ4n) is 1.98. The van der Waals surface area contributed by atoms with E-state index in [9.17, 15) is 13.5 Å². The second kappa shape index (κ2) is 7.73. The molecule has 5 nitrogen and oxygen atoms in total. The lowest BCUT2D eigenvalue weighted by atomic mass is 10.0. The number of aliphatic hydroxyl groups excluding tert-OH is 1. The summed E-state index contributed by atoms with van der Waals surface area (Å²) in [5.41, 5.74) is 0.988. The molecule has 1 N–H and O–H groups in total. The molecule has 1 aromatic carbocycles. The topological polar surface area (TPSA) is 66.8 Å². The summed E-state index contributed by atoms with van der Waals surface area (Å²) in [4.78, 5) is 0. The molecule has 0 saturated heterocycles. The van der Waals surface area contributed by atoms with Crippen LogP contribution in [0.4, 0.5) is 0 Å². The minimum Gasteiger partial charge on any atom is -0.389 e. The molecule has 0 saturated carbocycles. The molecular formula is C14H23NO4S. The van der Waals surface area contributed by atoms with E-state index >= 15 is 0 Å². The van der Waals surface area contributed by atoms with E-state index in [0.717, 1.165) is 5.56 Å². The maximum atomic E-state index is 12.2. The van der Waals surface area contributed by atoms with Crippen LogP contribution in [0, 0.1) is 0 Å². The van der Waals surface area contributed by atoms with Crippen LogP contribution in [0.2, 0.25) is 0 Å². The van der Waals surface area contributed by atoms with Crippen molar-refractivity contribution in [3.63, 3.8) is 0 Å². The highest BCUT2D eigenvalue weighted by Crippen LogP contribution is 2.18. The molecule has 0 aliphatic heterocycles. The predicted octanol–water partition coefficient (Wildman–Crippen LogP) is 1.06. The van der Waals surface area contributed by atoms with Crippen LogP contribution >= 0.6 is 0 Å². The van der Waals surface area contributed by atoms with Crippen molar-refractivity contribution in [3.05, 3.63) is 35.9 Å². The number of methoxy groups -OCH3 is 1. The number of likely N-dealkylation sites (N-methyl/N-ethyl adjacent to an activating group) is 1. The van der Waals surface area contributed by atoms with Crippen molar-refractivity contribution in [2.75, 3.05) is 33.1 Å². The van der Waals surface area contributed by atoms with Gasteiger partial charge in [0.1, 0.15) is 0 Å². The number of ether oxygens (including phenoxy) is 1. The lowest BCUT2D eigenvalue weighted by molar-refractivity contribution is 0.0554. The summed E-state index contributed by atoms with van der Waals surface area (Å²) in [6.45, 7) is 2.04. The quantitative estimate of drug-likeness (QED) is 0.779. The van der Waals surface area contributed by atoms with Gasteiger partial charge in [-0.3, -0.25) is 0 Å². The summed E-state index contributed by atoms with van der Waals surface area (Å²) in [6, 6.07) is 9.52. The van der Waals surface area contributed by atoms with E-state index < -0.39 is 16.1 Å². The Labute approximate surface area is 121 Å². The maximum Gasteiger partial charge on any atom is 0.214 e. The second-order valence-corrected chi connectivity index (χ2v) is 7.10. The molecule has 0 radical (unpaired) electrons. The van der Waals surface area contributed by atoms with Crippen LogP contribution in [-0.2, 0) is 14.8 Å². The molecule has 0 amide bonds. The summed E-state index contributed by atoms with van der Waals surface area (Å²) >= 11 is 0. The standard InChI is InChI=1S/C14H23NO4S/c1-12(13-7-5-4-6-8-13)11-20(17,18)15(2)9-14(16)10-19-3/h4-8,12,14,16H,9-11H2,1-3H3. The minimum atomic E-state index is -3.40. The van der Waals surface area contributed by atoms with Crippen molar-refractivity contribution >= 4 is 10.0 Å². The number of hydrogen-bond acceptors (Lipinski definition) is 4. The van der Waals surface area contributed by atoms with E-state index in [2.05, 4.69) is 0 Å². The van der Waals surface area contributed by atoms with Crippen molar-refractivity contribution < 1.29 is 18.3 Å². The largest absolute Gasteiger partial charge is 0.389 e.